The van der Waals surface area contributed by atoms with Crippen molar-refractivity contribution in [2.75, 3.05) is 6.54 Å². The highest BCUT2D eigenvalue weighted by Crippen LogP contribution is 2.66. The van der Waals surface area contributed by atoms with Crippen molar-refractivity contribution in [3.8, 4) is 0 Å². The van der Waals surface area contributed by atoms with Gasteiger partial charge in [0.2, 0.25) is 5.91 Å². The highest BCUT2D eigenvalue weighted by atomic mass is 16.3. The van der Waals surface area contributed by atoms with E-state index in [4.69, 9.17) is 0 Å². The molecule has 0 spiro atoms. The number of piperidine rings is 1. The maximum absolute atomic E-state index is 13.9. The Hall–Kier alpha value is -0.910. The van der Waals surface area contributed by atoms with Crippen molar-refractivity contribution in [3.63, 3.8) is 0 Å². The van der Waals surface area contributed by atoms with Gasteiger partial charge in [-0.1, -0.05) is 20.8 Å². The molecule has 0 bridgehead atoms. The first-order valence-corrected chi connectivity index (χ1v) is 13.3. The van der Waals surface area contributed by atoms with Gasteiger partial charge >= 0.3 is 0 Å². The molecular weight excluding hydrogens is 402 g/mol. The standard InChI is InChI=1S/C27H41NO4/c1-13-4-5-21-14(2)24-23(31)10-16-17-11-22(30)20-8-15(29)6-7-27(20,3)19(17)9-18(16)25(24)26(32)28(21)12-13/h13-23,29-31H,4-12H2,1-3H3/t13-,14-,15-,16-,17-,18+,19-,20+,21-,22-,23-,27+/m0/s1. The van der Waals surface area contributed by atoms with E-state index in [1.165, 1.54) is 0 Å². The lowest BCUT2D eigenvalue weighted by molar-refractivity contribution is -0.136. The number of carbonyl (C=O) groups is 1. The van der Waals surface area contributed by atoms with Gasteiger partial charge in [-0.2, -0.15) is 0 Å². The lowest BCUT2D eigenvalue weighted by Gasteiger charge is -2.55. The molecule has 6 rings (SSSR count). The van der Waals surface area contributed by atoms with Crippen LogP contribution in [0.15, 0.2) is 11.1 Å². The number of hydrogen-bond acceptors (Lipinski definition) is 4. The highest BCUT2D eigenvalue weighted by molar-refractivity contribution is 5.97. The molecule has 5 heteroatoms. The summed E-state index contributed by atoms with van der Waals surface area (Å²) in [5.41, 5.74) is 2.05. The minimum Gasteiger partial charge on any atom is -0.393 e. The molecule has 2 heterocycles. The highest BCUT2D eigenvalue weighted by Gasteiger charge is 2.62. The first-order chi connectivity index (χ1) is 15.2. The van der Waals surface area contributed by atoms with E-state index in [0.717, 1.165) is 62.6 Å². The summed E-state index contributed by atoms with van der Waals surface area (Å²) in [4.78, 5) is 16.1. The third kappa shape index (κ3) is 2.83. The summed E-state index contributed by atoms with van der Waals surface area (Å²) in [5, 5.41) is 32.8. The van der Waals surface area contributed by atoms with Crippen molar-refractivity contribution in [1.29, 1.82) is 0 Å². The minimum atomic E-state index is -0.513. The molecule has 0 radical (unpaired) electrons. The summed E-state index contributed by atoms with van der Waals surface area (Å²) in [5.74, 6) is 2.52. The number of rotatable bonds is 0. The Kier molecular flexibility index (Phi) is 4.93. The van der Waals surface area contributed by atoms with Gasteiger partial charge in [-0.15, -0.1) is 0 Å². The SMILES string of the molecule is C[C@H]1CC[C@H]2[C@H](C)C3=C(C(=O)N2C1)[C@@H]1C[C@H]2[C@@H](C[C@H](O)[C@H]4C[C@@H](O)CC[C@@]42C)[C@@H]1C[C@@H]3O. The van der Waals surface area contributed by atoms with Crippen LogP contribution in [0.2, 0.25) is 0 Å². The van der Waals surface area contributed by atoms with Crippen LogP contribution in [-0.2, 0) is 4.79 Å². The van der Waals surface area contributed by atoms with Gasteiger partial charge in [0.15, 0.2) is 0 Å². The lowest BCUT2D eigenvalue weighted by atomic mass is 9.51. The molecule has 1 saturated heterocycles. The molecule has 178 valence electrons. The monoisotopic (exact) mass is 443 g/mol. The number of aliphatic hydroxyl groups excluding tert-OH is 3. The molecular formula is C27H41NO4. The summed E-state index contributed by atoms with van der Waals surface area (Å²) >= 11 is 0. The van der Waals surface area contributed by atoms with Crippen molar-refractivity contribution in [2.24, 2.45) is 46.8 Å². The van der Waals surface area contributed by atoms with Crippen LogP contribution in [0.5, 0.6) is 0 Å². The predicted octanol–water partition coefficient (Wildman–Crippen LogP) is 3.12. The van der Waals surface area contributed by atoms with Crippen LogP contribution in [-0.4, -0.2) is 57.0 Å². The van der Waals surface area contributed by atoms with Gasteiger partial charge in [0.1, 0.15) is 0 Å². The molecule has 3 saturated carbocycles. The number of aliphatic hydroxyl groups is 3. The molecule has 0 aromatic heterocycles. The summed E-state index contributed by atoms with van der Waals surface area (Å²) in [6, 6.07) is 0.246. The second kappa shape index (κ2) is 7.29. The zero-order valence-corrected chi connectivity index (χ0v) is 19.9. The molecule has 4 aliphatic carbocycles. The minimum absolute atomic E-state index is 0.0239. The van der Waals surface area contributed by atoms with Gasteiger partial charge in [-0.25, -0.2) is 0 Å². The van der Waals surface area contributed by atoms with E-state index in [0.29, 0.717) is 30.1 Å². The van der Waals surface area contributed by atoms with Crippen LogP contribution in [0.4, 0.5) is 0 Å². The third-order valence-corrected chi connectivity index (χ3v) is 11.3. The molecule has 4 fully saturated rings. The molecule has 6 aliphatic rings. The smallest absolute Gasteiger partial charge is 0.250 e. The van der Waals surface area contributed by atoms with E-state index in [-0.39, 0.29) is 47.3 Å². The number of carbonyl (C=O) groups excluding carboxylic acids is 1. The molecule has 32 heavy (non-hydrogen) atoms. The molecule has 1 amide bonds. The van der Waals surface area contributed by atoms with E-state index in [9.17, 15) is 20.1 Å². The number of fused-ring (bicyclic) bond motifs is 7. The van der Waals surface area contributed by atoms with Gasteiger partial charge in [0.05, 0.1) is 18.3 Å². The van der Waals surface area contributed by atoms with Crippen molar-refractivity contribution >= 4 is 5.91 Å². The molecule has 2 aliphatic heterocycles. The molecule has 3 N–H and O–H groups in total. The van der Waals surface area contributed by atoms with Gasteiger partial charge in [0, 0.05) is 24.1 Å². The van der Waals surface area contributed by atoms with Gasteiger partial charge in [-0.3, -0.25) is 4.79 Å². The van der Waals surface area contributed by atoms with E-state index < -0.39 is 6.10 Å². The summed E-state index contributed by atoms with van der Waals surface area (Å²) in [6.07, 6.45) is 6.04. The molecule has 0 aromatic rings. The third-order valence-electron chi connectivity index (χ3n) is 11.3. The number of amides is 1. The largest absolute Gasteiger partial charge is 0.393 e. The fourth-order valence-corrected chi connectivity index (χ4v) is 9.73. The fraction of sp³-hybridized carbons (Fsp3) is 0.889. The second-order valence-corrected chi connectivity index (χ2v) is 12.7. The number of nitrogens with zero attached hydrogens (tertiary/aromatic N) is 1. The molecule has 12 atom stereocenters. The Balaban J connectivity index is 1.39. The number of hydrogen-bond donors (Lipinski definition) is 3. The van der Waals surface area contributed by atoms with E-state index in [1.807, 2.05) is 0 Å². The zero-order valence-electron chi connectivity index (χ0n) is 19.9. The predicted molar refractivity (Wildman–Crippen MR) is 121 cm³/mol. The quantitative estimate of drug-likeness (QED) is 0.537. The Bertz CT molecular complexity index is 840. The zero-order chi connectivity index (χ0) is 22.5. The molecule has 0 unspecified atom stereocenters. The van der Waals surface area contributed by atoms with E-state index in [2.05, 4.69) is 25.7 Å². The van der Waals surface area contributed by atoms with Gasteiger partial charge in [0.25, 0.3) is 0 Å². The molecule has 5 nitrogen and oxygen atoms in total. The van der Waals surface area contributed by atoms with Gasteiger partial charge in [-0.05, 0) is 97.9 Å². The fourth-order valence-electron chi connectivity index (χ4n) is 9.73. The van der Waals surface area contributed by atoms with E-state index in [1.54, 1.807) is 0 Å². The average molecular weight is 444 g/mol. The summed E-state index contributed by atoms with van der Waals surface area (Å²) in [7, 11) is 0. The Morgan fingerprint density at radius 1 is 0.938 bits per heavy atom. The van der Waals surface area contributed by atoms with Gasteiger partial charge < -0.3 is 20.2 Å². The maximum Gasteiger partial charge on any atom is 0.250 e. The summed E-state index contributed by atoms with van der Waals surface area (Å²) in [6.45, 7) is 7.69. The summed E-state index contributed by atoms with van der Waals surface area (Å²) < 4.78 is 0. The van der Waals surface area contributed by atoms with Crippen LogP contribution in [0.25, 0.3) is 0 Å². The second-order valence-electron chi connectivity index (χ2n) is 12.7. The Morgan fingerprint density at radius 2 is 1.72 bits per heavy atom. The topological polar surface area (TPSA) is 81.0 Å². The van der Waals surface area contributed by atoms with E-state index >= 15 is 0 Å². The van der Waals surface area contributed by atoms with Crippen molar-refractivity contribution in [1.82, 2.24) is 4.90 Å². The first kappa shape index (κ1) is 21.6. The Labute approximate surface area is 192 Å². The van der Waals surface area contributed by atoms with Crippen LogP contribution in [0.3, 0.4) is 0 Å². The van der Waals surface area contributed by atoms with Crippen LogP contribution >= 0.6 is 0 Å². The van der Waals surface area contributed by atoms with Crippen LogP contribution < -0.4 is 0 Å². The van der Waals surface area contributed by atoms with Crippen molar-refractivity contribution < 1.29 is 20.1 Å². The maximum atomic E-state index is 13.9. The van der Waals surface area contributed by atoms with Crippen molar-refractivity contribution in [3.05, 3.63) is 11.1 Å². The van der Waals surface area contributed by atoms with Crippen LogP contribution in [0.1, 0.15) is 72.1 Å². The Morgan fingerprint density at radius 3 is 2.50 bits per heavy atom. The normalized spacial score (nSPS) is 55.0. The lowest BCUT2D eigenvalue weighted by Crippen LogP contribution is -2.57. The average Bonchev–Trinajstić information content (AvgIpc) is 3.11. The van der Waals surface area contributed by atoms with Crippen molar-refractivity contribution in [2.45, 2.75) is 96.5 Å². The van der Waals surface area contributed by atoms with Crippen LogP contribution in [0, 0.1) is 46.8 Å². The first-order valence-electron chi connectivity index (χ1n) is 13.3. The molecule has 0 aromatic carbocycles.